The van der Waals surface area contributed by atoms with Crippen molar-refractivity contribution in [2.45, 2.75) is 84.5 Å². The van der Waals surface area contributed by atoms with Gasteiger partial charge in [-0.15, -0.1) is 0 Å². The van der Waals surface area contributed by atoms with E-state index in [-0.39, 0.29) is 0 Å². The number of hydrogen-bond acceptors (Lipinski definition) is 2. The molecule has 0 aliphatic rings. The zero-order valence-corrected chi connectivity index (χ0v) is 12.9. The van der Waals surface area contributed by atoms with Crippen LogP contribution in [0, 0.1) is 0 Å². The highest BCUT2D eigenvalue weighted by Gasteiger charge is 1.86. The Morgan fingerprint density at radius 1 is 0.684 bits per heavy atom. The highest BCUT2D eigenvalue weighted by Crippen LogP contribution is 2.03. The van der Waals surface area contributed by atoms with Gasteiger partial charge in [0.05, 0.1) is 0 Å². The molecule has 0 saturated heterocycles. The minimum Gasteiger partial charge on any atom is -0.303 e. The zero-order chi connectivity index (χ0) is 14.6. The van der Waals surface area contributed by atoms with Crippen molar-refractivity contribution in [1.82, 2.24) is 0 Å². The molecular weight excluding hydrogens is 236 g/mol. The standard InChI is InChI=1S/C9H16O.C8H16O/c1-2-3-4-5-6-7-8-9-10;1-2-3-4-5-6-7-8-9/h7-9H,2-6H2,1H3;8H,2-7H2,1H3. The fourth-order valence-corrected chi connectivity index (χ4v) is 1.67. The lowest BCUT2D eigenvalue weighted by Crippen LogP contribution is -1.78. The van der Waals surface area contributed by atoms with E-state index in [1.807, 2.05) is 6.08 Å². The highest BCUT2D eigenvalue weighted by molar-refractivity contribution is 5.64. The lowest BCUT2D eigenvalue weighted by atomic mass is 10.1. The monoisotopic (exact) mass is 268 g/mol. The van der Waals surface area contributed by atoms with E-state index in [4.69, 9.17) is 0 Å². The van der Waals surface area contributed by atoms with Crippen LogP contribution < -0.4 is 0 Å². The molecule has 0 aromatic carbocycles. The second-order valence-corrected chi connectivity index (χ2v) is 4.78. The van der Waals surface area contributed by atoms with Gasteiger partial charge in [0.15, 0.2) is 0 Å². The average Bonchev–Trinajstić information content (AvgIpc) is 2.43. The topological polar surface area (TPSA) is 34.1 Å². The van der Waals surface area contributed by atoms with Gasteiger partial charge in [0, 0.05) is 6.42 Å². The second-order valence-electron chi connectivity index (χ2n) is 4.78. The Hall–Kier alpha value is -0.920. The lowest BCUT2D eigenvalue weighted by Gasteiger charge is -1.93. The van der Waals surface area contributed by atoms with Crippen molar-refractivity contribution in [3.8, 4) is 0 Å². The molecule has 0 aromatic heterocycles. The molecule has 0 amide bonds. The largest absolute Gasteiger partial charge is 0.303 e. The third-order valence-electron chi connectivity index (χ3n) is 2.86. The molecule has 0 atom stereocenters. The fraction of sp³-hybridized carbons (Fsp3) is 0.765. The molecule has 0 N–H and O–H groups in total. The first-order valence-corrected chi connectivity index (χ1v) is 7.87. The van der Waals surface area contributed by atoms with Crippen molar-refractivity contribution in [2.24, 2.45) is 0 Å². The first kappa shape index (κ1) is 20.4. The van der Waals surface area contributed by atoms with E-state index < -0.39 is 0 Å². The molecule has 0 unspecified atom stereocenters. The molecule has 112 valence electrons. The van der Waals surface area contributed by atoms with Crippen molar-refractivity contribution < 1.29 is 9.59 Å². The molecule has 0 spiro atoms. The lowest BCUT2D eigenvalue weighted by molar-refractivity contribution is -0.108. The van der Waals surface area contributed by atoms with Crippen LogP contribution in [-0.2, 0) is 9.59 Å². The number of carbonyl (C=O) groups excluding carboxylic acids is 2. The molecule has 0 radical (unpaired) electrons. The smallest absolute Gasteiger partial charge is 0.142 e. The Labute approximate surface area is 119 Å². The van der Waals surface area contributed by atoms with Crippen LogP contribution in [0.2, 0.25) is 0 Å². The molecule has 0 bridgehead atoms. The summed E-state index contributed by atoms with van der Waals surface area (Å²) in [5.41, 5.74) is 0. The molecule has 0 rings (SSSR count). The van der Waals surface area contributed by atoms with Crippen LogP contribution >= 0.6 is 0 Å². The normalized spacial score (nSPS) is 10.0. The first-order chi connectivity index (χ1) is 9.33. The Kier molecular flexibility index (Phi) is 23.9. The molecule has 2 heteroatoms. The van der Waals surface area contributed by atoms with Crippen molar-refractivity contribution in [1.29, 1.82) is 0 Å². The van der Waals surface area contributed by atoms with Gasteiger partial charge < -0.3 is 4.79 Å². The van der Waals surface area contributed by atoms with Gasteiger partial charge in [-0.3, -0.25) is 4.79 Å². The third-order valence-corrected chi connectivity index (χ3v) is 2.86. The zero-order valence-electron chi connectivity index (χ0n) is 12.9. The number of carbonyl (C=O) groups is 2. The maximum absolute atomic E-state index is 9.84. The molecule has 0 fully saturated rings. The summed E-state index contributed by atoms with van der Waals surface area (Å²) in [5.74, 6) is 0. The van der Waals surface area contributed by atoms with Crippen LogP contribution in [0.15, 0.2) is 12.2 Å². The van der Waals surface area contributed by atoms with Crippen molar-refractivity contribution in [3.05, 3.63) is 12.2 Å². The maximum atomic E-state index is 9.84. The van der Waals surface area contributed by atoms with E-state index in [9.17, 15) is 9.59 Å². The molecule has 0 aromatic rings. The summed E-state index contributed by atoms with van der Waals surface area (Å²) in [6.07, 6.45) is 18.5. The summed E-state index contributed by atoms with van der Waals surface area (Å²) in [6.45, 7) is 4.39. The third kappa shape index (κ3) is 26.6. The minimum atomic E-state index is 0.754. The average molecular weight is 268 g/mol. The predicted octanol–water partition coefficient (Wildman–Crippen LogP) is 5.26. The Morgan fingerprint density at radius 3 is 1.74 bits per heavy atom. The SMILES string of the molecule is CCCCCCC=CC=O.CCCCCCCC=O. The van der Waals surface area contributed by atoms with E-state index >= 15 is 0 Å². The maximum Gasteiger partial charge on any atom is 0.142 e. The minimum absolute atomic E-state index is 0.754. The van der Waals surface area contributed by atoms with Gasteiger partial charge in [0.2, 0.25) is 0 Å². The molecule has 19 heavy (non-hydrogen) atoms. The quantitative estimate of drug-likeness (QED) is 0.275. The van der Waals surface area contributed by atoms with Gasteiger partial charge in [-0.05, 0) is 25.3 Å². The first-order valence-electron chi connectivity index (χ1n) is 7.87. The Bertz CT molecular complexity index is 197. The van der Waals surface area contributed by atoms with Crippen molar-refractivity contribution in [3.63, 3.8) is 0 Å². The molecule has 0 aliphatic carbocycles. The number of unbranched alkanes of at least 4 members (excludes halogenated alkanes) is 9. The summed E-state index contributed by atoms with van der Waals surface area (Å²) >= 11 is 0. The van der Waals surface area contributed by atoms with Crippen molar-refractivity contribution >= 4 is 12.6 Å². The number of aldehydes is 2. The van der Waals surface area contributed by atoms with Crippen LogP contribution in [0.3, 0.4) is 0 Å². The van der Waals surface area contributed by atoms with E-state index in [0.717, 1.165) is 31.8 Å². The molecular formula is C17H32O2. The Morgan fingerprint density at radius 2 is 1.21 bits per heavy atom. The van der Waals surface area contributed by atoms with Crippen molar-refractivity contribution in [2.75, 3.05) is 0 Å². The van der Waals surface area contributed by atoms with Crippen LogP contribution in [0.25, 0.3) is 0 Å². The number of allylic oxidation sites excluding steroid dienone is 2. The predicted molar refractivity (Wildman–Crippen MR) is 83.4 cm³/mol. The van der Waals surface area contributed by atoms with E-state index in [1.54, 1.807) is 6.08 Å². The molecule has 0 aliphatic heterocycles. The summed E-state index contributed by atoms with van der Waals surface area (Å²) in [7, 11) is 0. The summed E-state index contributed by atoms with van der Waals surface area (Å²) < 4.78 is 0. The van der Waals surface area contributed by atoms with Gasteiger partial charge in [0.25, 0.3) is 0 Å². The Balaban J connectivity index is 0. The number of hydrogen-bond donors (Lipinski definition) is 0. The van der Waals surface area contributed by atoms with E-state index in [1.165, 1.54) is 51.4 Å². The summed E-state index contributed by atoms with van der Waals surface area (Å²) in [4.78, 5) is 19.6. The van der Waals surface area contributed by atoms with Gasteiger partial charge >= 0.3 is 0 Å². The fourth-order valence-electron chi connectivity index (χ4n) is 1.67. The summed E-state index contributed by atoms with van der Waals surface area (Å²) in [5, 5.41) is 0. The van der Waals surface area contributed by atoms with E-state index in [2.05, 4.69) is 13.8 Å². The van der Waals surface area contributed by atoms with Crippen LogP contribution in [0.5, 0.6) is 0 Å². The van der Waals surface area contributed by atoms with Crippen LogP contribution in [0.4, 0.5) is 0 Å². The van der Waals surface area contributed by atoms with Crippen LogP contribution in [0.1, 0.15) is 84.5 Å². The van der Waals surface area contributed by atoms with Gasteiger partial charge in [0.1, 0.15) is 12.6 Å². The highest BCUT2D eigenvalue weighted by atomic mass is 16.1. The molecule has 0 heterocycles. The molecule has 2 nitrogen and oxygen atoms in total. The van der Waals surface area contributed by atoms with E-state index in [0.29, 0.717) is 0 Å². The van der Waals surface area contributed by atoms with Gasteiger partial charge in [-0.25, -0.2) is 0 Å². The van der Waals surface area contributed by atoms with Gasteiger partial charge in [-0.2, -0.15) is 0 Å². The summed E-state index contributed by atoms with van der Waals surface area (Å²) in [6, 6.07) is 0. The van der Waals surface area contributed by atoms with Crippen LogP contribution in [-0.4, -0.2) is 12.6 Å². The number of rotatable bonds is 12. The van der Waals surface area contributed by atoms with Gasteiger partial charge in [-0.1, -0.05) is 64.9 Å². The second kappa shape index (κ2) is 22.3. The molecule has 0 saturated carbocycles.